The van der Waals surface area contributed by atoms with Crippen LogP contribution in [0.25, 0.3) is 55.3 Å². The minimum Gasteiger partial charge on any atom is -0.309 e. The van der Waals surface area contributed by atoms with Crippen molar-refractivity contribution in [3.05, 3.63) is 204 Å². The number of thiol groups is 1. The molecule has 1 aromatic heterocycles. The average Bonchev–Trinajstić information content (AvgIpc) is 3.69. The summed E-state index contributed by atoms with van der Waals surface area (Å²) in [5.74, 6) is 0.578. The van der Waals surface area contributed by atoms with Gasteiger partial charge in [-0.05, 0) is 138 Å². The van der Waals surface area contributed by atoms with E-state index in [1.165, 1.54) is 61.9 Å². The molecule has 1 heterocycles. The summed E-state index contributed by atoms with van der Waals surface area (Å²) in [4.78, 5) is 1.75. The van der Waals surface area contributed by atoms with E-state index in [4.69, 9.17) is 0 Å². The second-order valence-electron chi connectivity index (χ2n) is 17.0. The van der Waals surface area contributed by atoms with Gasteiger partial charge in [0.15, 0.2) is 0 Å². The third-order valence-corrected chi connectivity index (χ3v) is 13.3. The van der Waals surface area contributed by atoms with Gasteiger partial charge in [0.25, 0.3) is 0 Å². The largest absolute Gasteiger partial charge is 0.417 e. The summed E-state index contributed by atoms with van der Waals surface area (Å²) in [5.41, 5.74) is 6.65. The van der Waals surface area contributed by atoms with Crippen molar-refractivity contribution in [2.24, 2.45) is 4.40 Å². The van der Waals surface area contributed by atoms with E-state index in [1.54, 1.807) is 71.6 Å². The third-order valence-electron chi connectivity index (χ3n) is 13.1. The SMILES string of the molecule is N=C1C(N(c2ccc(-c3ccccc3C(F)(F)F)cc2)c2ccc(-c3ccccc3C(F)(F)F)cc2)=CC=C(c2cccc3c2c2ccccc2n3-c2ccc(C3CCCCC3)cc2)/C1=N/S. The van der Waals surface area contributed by atoms with Gasteiger partial charge >= 0.3 is 12.4 Å². The molecule has 10 rings (SSSR count). The van der Waals surface area contributed by atoms with Crippen LogP contribution in [-0.4, -0.2) is 16.0 Å². The fourth-order valence-electron chi connectivity index (χ4n) is 9.91. The standard InChI is InChI=1S/C56H42F6N4S/c57-55(58,59)47-17-7-4-13-42(47)37-23-29-39(30-24-37)65(40-31-25-38(26-32-40)43-14-5-8-18-48(43)56(60,61)62)51-34-33-45(54(64-67)53(51)63)44-16-10-20-50-52(44)46-15-6-9-19-49(46)66(50)41-27-21-36(22-28-41)35-11-2-1-3-12-35/h4-10,13-35,63,67H,1-3,11-12H2/b63-53?,64-54-. The van der Waals surface area contributed by atoms with Crippen LogP contribution >= 0.6 is 12.8 Å². The number of para-hydroxylation sites is 1. The molecule has 0 atom stereocenters. The number of fused-ring (bicyclic) bond motifs is 3. The van der Waals surface area contributed by atoms with Crippen LogP contribution in [-0.2, 0) is 12.4 Å². The van der Waals surface area contributed by atoms with Crippen LogP contribution in [0.5, 0.6) is 0 Å². The van der Waals surface area contributed by atoms with Gasteiger partial charge in [0.2, 0.25) is 0 Å². The number of anilines is 2. The van der Waals surface area contributed by atoms with E-state index in [2.05, 4.69) is 64.2 Å². The van der Waals surface area contributed by atoms with E-state index in [-0.39, 0.29) is 22.6 Å². The van der Waals surface area contributed by atoms with Gasteiger partial charge in [-0.1, -0.05) is 122 Å². The number of nitrogens with one attached hydrogen (secondary N) is 1. The number of allylic oxidation sites excluding steroid dienone is 4. The Morgan fingerprint density at radius 2 is 1.07 bits per heavy atom. The maximum absolute atomic E-state index is 14.1. The Morgan fingerprint density at radius 3 is 1.64 bits per heavy atom. The lowest BCUT2D eigenvalue weighted by atomic mass is 9.84. The number of hydrogen-bond donors (Lipinski definition) is 2. The Kier molecular flexibility index (Phi) is 11.5. The molecule has 2 aliphatic rings. The summed E-state index contributed by atoms with van der Waals surface area (Å²) in [6.45, 7) is 0. The summed E-state index contributed by atoms with van der Waals surface area (Å²) in [6, 6.07) is 46.9. The zero-order valence-electron chi connectivity index (χ0n) is 35.9. The van der Waals surface area contributed by atoms with E-state index in [0.29, 0.717) is 39.7 Å². The molecule has 0 bridgehead atoms. The Bertz CT molecular complexity index is 3160. The molecule has 0 radical (unpaired) electrons. The van der Waals surface area contributed by atoms with Gasteiger partial charge in [0, 0.05) is 33.4 Å². The minimum atomic E-state index is -4.58. The number of benzene rings is 7. The highest BCUT2D eigenvalue weighted by atomic mass is 32.1. The molecule has 8 aromatic rings. The summed E-state index contributed by atoms with van der Waals surface area (Å²) in [6.07, 6.45) is 0.756. The Hall–Kier alpha value is -7.11. The molecule has 2 aliphatic carbocycles. The van der Waals surface area contributed by atoms with Crippen LogP contribution in [0, 0.1) is 5.41 Å². The first-order valence-corrected chi connectivity index (χ1v) is 22.5. The highest BCUT2D eigenvalue weighted by molar-refractivity contribution is 7.79. The molecule has 0 amide bonds. The molecule has 7 aromatic carbocycles. The molecule has 0 unspecified atom stereocenters. The summed E-state index contributed by atoms with van der Waals surface area (Å²) in [7, 11) is 0. The number of nitrogens with zero attached hydrogens (tertiary/aromatic N) is 3. The number of hydrogen-bond acceptors (Lipinski definition) is 4. The van der Waals surface area contributed by atoms with Gasteiger partial charge in [0.1, 0.15) is 11.4 Å². The lowest BCUT2D eigenvalue weighted by molar-refractivity contribution is -0.137. The molecular formula is C56H42F6N4S. The number of aromatic nitrogens is 1. The van der Waals surface area contributed by atoms with Crippen molar-refractivity contribution < 1.29 is 26.3 Å². The lowest BCUT2D eigenvalue weighted by Gasteiger charge is -2.31. The number of halogens is 6. The van der Waals surface area contributed by atoms with Crippen LogP contribution in [0.2, 0.25) is 0 Å². The smallest absolute Gasteiger partial charge is 0.309 e. The monoisotopic (exact) mass is 916 g/mol. The minimum absolute atomic E-state index is 0.00419. The zero-order valence-corrected chi connectivity index (χ0v) is 36.8. The predicted molar refractivity (Wildman–Crippen MR) is 263 cm³/mol. The molecule has 0 saturated heterocycles. The molecule has 4 nitrogen and oxygen atoms in total. The van der Waals surface area contributed by atoms with Gasteiger partial charge in [-0.2, -0.15) is 26.3 Å². The normalized spacial score (nSPS) is 15.6. The predicted octanol–water partition coefficient (Wildman–Crippen LogP) is 16.6. The van der Waals surface area contributed by atoms with Gasteiger partial charge < -0.3 is 9.47 Å². The fraction of sp³-hybridized carbons (Fsp3) is 0.143. The van der Waals surface area contributed by atoms with Crippen molar-refractivity contribution in [3.8, 4) is 27.9 Å². The maximum atomic E-state index is 14.1. The Morgan fingerprint density at radius 1 is 0.552 bits per heavy atom. The molecule has 1 saturated carbocycles. The highest BCUT2D eigenvalue weighted by Gasteiger charge is 2.35. The van der Waals surface area contributed by atoms with E-state index in [1.807, 2.05) is 30.3 Å². The maximum Gasteiger partial charge on any atom is 0.417 e. The summed E-state index contributed by atoms with van der Waals surface area (Å²) < 4.78 is 91.3. The van der Waals surface area contributed by atoms with Crippen LogP contribution in [0.4, 0.5) is 37.7 Å². The topological polar surface area (TPSA) is 44.4 Å². The Labute approximate surface area is 389 Å². The van der Waals surface area contributed by atoms with Gasteiger partial charge in [-0.25, -0.2) is 4.40 Å². The van der Waals surface area contributed by atoms with Crippen LogP contribution in [0.1, 0.15) is 60.3 Å². The molecule has 334 valence electrons. The first-order chi connectivity index (χ1) is 32.4. The summed E-state index contributed by atoms with van der Waals surface area (Å²) in [5, 5.41) is 11.8. The third kappa shape index (κ3) is 8.15. The highest BCUT2D eigenvalue weighted by Crippen LogP contribution is 2.44. The van der Waals surface area contributed by atoms with Crippen molar-refractivity contribution in [1.82, 2.24) is 4.57 Å². The average molecular weight is 917 g/mol. The first kappa shape index (κ1) is 43.8. The second kappa shape index (κ2) is 17.6. The molecule has 11 heteroatoms. The number of rotatable bonds is 8. The van der Waals surface area contributed by atoms with Crippen LogP contribution < -0.4 is 4.90 Å². The van der Waals surface area contributed by atoms with Gasteiger partial charge in [0.05, 0.1) is 27.9 Å². The van der Waals surface area contributed by atoms with Crippen molar-refractivity contribution in [3.63, 3.8) is 0 Å². The van der Waals surface area contributed by atoms with E-state index in [9.17, 15) is 31.8 Å². The molecule has 1 fully saturated rings. The van der Waals surface area contributed by atoms with Crippen LogP contribution in [0.3, 0.4) is 0 Å². The van der Waals surface area contributed by atoms with E-state index >= 15 is 0 Å². The second-order valence-corrected chi connectivity index (χ2v) is 17.2. The molecular weight excluding hydrogens is 875 g/mol. The zero-order chi connectivity index (χ0) is 46.5. The molecule has 0 spiro atoms. The lowest BCUT2D eigenvalue weighted by Crippen LogP contribution is -2.30. The van der Waals surface area contributed by atoms with Crippen molar-refractivity contribution >= 4 is 63.0 Å². The van der Waals surface area contributed by atoms with Crippen LogP contribution in [0.15, 0.2) is 186 Å². The molecule has 67 heavy (non-hydrogen) atoms. The number of alkyl halides is 6. The summed E-state index contributed by atoms with van der Waals surface area (Å²) >= 11 is 4.44. The van der Waals surface area contributed by atoms with E-state index in [0.717, 1.165) is 45.2 Å². The van der Waals surface area contributed by atoms with E-state index < -0.39 is 23.5 Å². The quantitative estimate of drug-likeness (QED) is 0.0890. The molecule has 1 N–H and O–H groups in total. The molecule has 0 aliphatic heterocycles. The van der Waals surface area contributed by atoms with Crippen molar-refractivity contribution in [1.29, 1.82) is 5.41 Å². The van der Waals surface area contributed by atoms with Crippen molar-refractivity contribution in [2.45, 2.75) is 50.4 Å². The fourth-order valence-corrected chi connectivity index (χ4v) is 10.1. The van der Waals surface area contributed by atoms with Gasteiger partial charge in [-0.3, -0.25) is 5.41 Å². The first-order valence-electron chi connectivity index (χ1n) is 22.1. The Balaban J connectivity index is 1.09. The van der Waals surface area contributed by atoms with Gasteiger partial charge in [-0.15, -0.1) is 0 Å². The van der Waals surface area contributed by atoms with Crippen molar-refractivity contribution in [2.75, 3.05) is 4.90 Å².